The molecule has 0 bridgehead atoms. The van der Waals surface area contributed by atoms with Gasteiger partial charge in [0, 0.05) is 6.04 Å². The lowest BCUT2D eigenvalue weighted by molar-refractivity contribution is 0.0695. The Balaban J connectivity index is 2.14. The van der Waals surface area contributed by atoms with Gasteiger partial charge in [-0.3, -0.25) is 4.79 Å². The van der Waals surface area contributed by atoms with Crippen molar-refractivity contribution in [3.63, 3.8) is 0 Å². The van der Waals surface area contributed by atoms with Gasteiger partial charge in [0.2, 0.25) is 0 Å². The van der Waals surface area contributed by atoms with Crippen LogP contribution >= 0.6 is 0 Å². The second-order valence-corrected chi connectivity index (χ2v) is 4.10. The van der Waals surface area contributed by atoms with Gasteiger partial charge in [0.05, 0.1) is 11.1 Å². The minimum atomic E-state index is -1.21. The van der Waals surface area contributed by atoms with Crippen molar-refractivity contribution in [2.24, 2.45) is 0 Å². The second kappa shape index (κ2) is 4.53. The molecule has 0 radical (unpaired) electrons. The predicted molar refractivity (Wildman–Crippen MR) is 58.5 cm³/mol. The van der Waals surface area contributed by atoms with Gasteiger partial charge in [-0.2, -0.15) is 0 Å². The normalized spacial score (nSPS) is 15.1. The number of carboxylic acid groups (broad SMARTS) is 1. The molecule has 0 spiro atoms. The highest BCUT2D eigenvalue weighted by Gasteiger charge is 2.22. The number of carbonyl (C=O) groups excluding carboxylic acids is 1. The zero-order valence-electron chi connectivity index (χ0n) is 9.07. The molecule has 0 unspecified atom stereocenters. The molecule has 17 heavy (non-hydrogen) atoms. The predicted octanol–water partition coefficient (Wildman–Crippen LogP) is 1.81. The standard InChI is InChI=1S/C12H12FNO3/c13-10-6-7(12(16)17)4-5-9(10)11(15)14-8-2-1-3-8/h4-6,8H,1-3H2,(H,14,15)(H,16,17). The Hall–Kier alpha value is -1.91. The summed E-state index contributed by atoms with van der Waals surface area (Å²) in [7, 11) is 0. The number of rotatable bonds is 3. The van der Waals surface area contributed by atoms with Crippen molar-refractivity contribution >= 4 is 11.9 Å². The molecule has 5 heteroatoms. The van der Waals surface area contributed by atoms with Crippen molar-refractivity contribution < 1.29 is 19.1 Å². The summed E-state index contributed by atoms with van der Waals surface area (Å²) in [6, 6.07) is 3.41. The van der Waals surface area contributed by atoms with Crippen molar-refractivity contribution in [2.45, 2.75) is 25.3 Å². The molecule has 1 aliphatic carbocycles. The zero-order chi connectivity index (χ0) is 12.4. The van der Waals surface area contributed by atoms with Crippen molar-refractivity contribution in [3.8, 4) is 0 Å². The molecule has 0 atom stereocenters. The molecule has 4 nitrogen and oxygen atoms in total. The monoisotopic (exact) mass is 237 g/mol. The summed E-state index contributed by atoms with van der Waals surface area (Å²) in [5.74, 6) is -2.50. The summed E-state index contributed by atoms with van der Waals surface area (Å²) in [5, 5.41) is 11.4. The smallest absolute Gasteiger partial charge is 0.335 e. The van der Waals surface area contributed by atoms with Crippen molar-refractivity contribution in [3.05, 3.63) is 35.1 Å². The highest BCUT2D eigenvalue weighted by molar-refractivity contribution is 5.96. The Morgan fingerprint density at radius 2 is 2.06 bits per heavy atom. The van der Waals surface area contributed by atoms with Crippen LogP contribution in [0.15, 0.2) is 18.2 Å². The minimum absolute atomic E-state index is 0.109. The lowest BCUT2D eigenvalue weighted by Crippen LogP contribution is -2.39. The van der Waals surface area contributed by atoms with E-state index in [-0.39, 0.29) is 17.2 Å². The van der Waals surface area contributed by atoms with E-state index in [4.69, 9.17) is 5.11 Å². The molecule has 1 aromatic rings. The molecule has 1 aromatic carbocycles. The first-order chi connectivity index (χ1) is 8.08. The topological polar surface area (TPSA) is 66.4 Å². The van der Waals surface area contributed by atoms with Crippen LogP contribution in [0.4, 0.5) is 4.39 Å². The third-order valence-electron chi connectivity index (χ3n) is 2.90. The molecule has 1 aliphatic rings. The molecular weight excluding hydrogens is 225 g/mol. The van der Waals surface area contributed by atoms with E-state index in [0.29, 0.717) is 0 Å². The molecule has 2 N–H and O–H groups in total. The summed E-state index contributed by atoms with van der Waals surface area (Å²) in [4.78, 5) is 22.3. The number of nitrogens with one attached hydrogen (secondary N) is 1. The molecule has 90 valence electrons. The first-order valence-corrected chi connectivity index (χ1v) is 5.41. The van der Waals surface area contributed by atoms with Gasteiger partial charge in [-0.1, -0.05) is 0 Å². The number of carboxylic acids is 1. The maximum Gasteiger partial charge on any atom is 0.335 e. The maximum absolute atomic E-state index is 13.5. The molecule has 1 amide bonds. The largest absolute Gasteiger partial charge is 0.478 e. The lowest BCUT2D eigenvalue weighted by Gasteiger charge is -2.26. The third-order valence-corrected chi connectivity index (χ3v) is 2.90. The van der Waals surface area contributed by atoms with Crippen LogP contribution in [0.3, 0.4) is 0 Å². The van der Waals surface area contributed by atoms with Crippen molar-refractivity contribution in [1.82, 2.24) is 5.32 Å². The fourth-order valence-corrected chi connectivity index (χ4v) is 1.65. The number of halogens is 1. The van der Waals surface area contributed by atoms with E-state index in [9.17, 15) is 14.0 Å². The van der Waals surface area contributed by atoms with Crippen LogP contribution in [0.5, 0.6) is 0 Å². The van der Waals surface area contributed by atoms with Gasteiger partial charge in [-0.15, -0.1) is 0 Å². The average molecular weight is 237 g/mol. The summed E-state index contributed by atoms with van der Waals surface area (Å²) < 4.78 is 13.5. The average Bonchev–Trinajstić information content (AvgIpc) is 2.22. The number of benzene rings is 1. The highest BCUT2D eigenvalue weighted by atomic mass is 19.1. The summed E-state index contributed by atoms with van der Waals surface area (Å²) in [6.45, 7) is 0. The summed E-state index contributed by atoms with van der Waals surface area (Å²) in [5.41, 5.74) is -0.274. The van der Waals surface area contributed by atoms with E-state index in [0.717, 1.165) is 25.3 Å². The molecule has 1 saturated carbocycles. The SMILES string of the molecule is O=C(O)c1ccc(C(=O)NC2CCC2)c(F)c1. The molecule has 2 rings (SSSR count). The van der Waals surface area contributed by atoms with E-state index >= 15 is 0 Å². The minimum Gasteiger partial charge on any atom is -0.478 e. The third kappa shape index (κ3) is 2.43. The van der Waals surface area contributed by atoms with Crippen LogP contribution in [0.2, 0.25) is 0 Å². The maximum atomic E-state index is 13.5. The van der Waals surface area contributed by atoms with Crippen LogP contribution in [0.25, 0.3) is 0 Å². The Bertz CT molecular complexity index is 469. The molecular formula is C12H12FNO3. The number of amides is 1. The second-order valence-electron chi connectivity index (χ2n) is 4.10. The van der Waals surface area contributed by atoms with Crippen LogP contribution in [-0.4, -0.2) is 23.0 Å². The van der Waals surface area contributed by atoms with E-state index in [1.807, 2.05) is 0 Å². The quantitative estimate of drug-likeness (QED) is 0.842. The molecule has 1 fully saturated rings. The fraction of sp³-hybridized carbons (Fsp3) is 0.333. The van der Waals surface area contributed by atoms with Crippen molar-refractivity contribution in [2.75, 3.05) is 0 Å². The molecule has 0 saturated heterocycles. The van der Waals surface area contributed by atoms with Gasteiger partial charge in [-0.25, -0.2) is 9.18 Å². The lowest BCUT2D eigenvalue weighted by atomic mass is 9.93. The van der Waals surface area contributed by atoms with Gasteiger partial charge in [-0.05, 0) is 37.5 Å². The van der Waals surface area contributed by atoms with Crippen molar-refractivity contribution in [1.29, 1.82) is 0 Å². The van der Waals surface area contributed by atoms with Gasteiger partial charge in [0.25, 0.3) is 5.91 Å². The van der Waals surface area contributed by atoms with Gasteiger partial charge in [0.15, 0.2) is 0 Å². The van der Waals surface area contributed by atoms with E-state index in [1.54, 1.807) is 0 Å². The Morgan fingerprint density at radius 3 is 2.53 bits per heavy atom. The molecule has 0 aromatic heterocycles. The number of aromatic carboxylic acids is 1. The van der Waals surface area contributed by atoms with Crippen LogP contribution in [0.1, 0.15) is 40.0 Å². The zero-order valence-corrected chi connectivity index (χ0v) is 9.07. The fourth-order valence-electron chi connectivity index (χ4n) is 1.65. The number of hydrogen-bond donors (Lipinski definition) is 2. The van der Waals surface area contributed by atoms with Crippen LogP contribution in [0, 0.1) is 5.82 Å². The van der Waals surface area contributed by atoms with Gasteiger partial charge < -0.3 is 10.4 Å². The molecule has 0 aliphatic heterocycles. The van der Waals surface area contributed by atoms with Gasteiger partial charge in [0.1, 0.15) is 5.82 Å². The first kappa shape index (κ1) is 11.6. The summed E-state index contributed by atoms with van der Waals surface area (Å²) >= 11 is 0. The first-order valence-electron chi connectivity index (χ1n) is 5.41. The Labute approximate surface area is 97.4 Å². The van der Waals surface area contributed by atoms with Crippen LogP contribution < -0.4 is 5.32 Å². The highest BCUT2D eigenvalue weighted by Crippen LogP contribution is 2.19. The van der Waals surface area contributed by atoms with Gasteiger partial charge >= 0.3 is 5.97 Å². The molecule has 0 heterocycles. The number of carbonyl (C=O) groups is 2. The summed E-state index contributed by atoms with van der Waals surface area (Å²) in [6.07, 6.45) is 2.91. The Morgan fingerprint density at radius 1 is 1.35 bits per heavy atom. The van der Waals surface area contributed by atoms with E-state index in [1.165, 1.54) is 12.1 Å². The van der Waals surface area contributed by atoms with Crippen LogP contribution in [-0.2, 0) is 0 Å². The van der Waals surface area contributed by atoms with E-state index < -0.39 is 17.7 Å². The van der Waals surface area contributed by atoms with E-state index in [2.05, 4.69) is 5.32 Å². The number of hydrogen-bond acceptors (Lipinski definition) is 2. The Kier molecular flexibility index (Phi) is 3.08.